The van der Waals surface area contributed by atoms with Gasteiger partial charge in [0.25, 0.3) is 0 Å². The predicted molar refractivity (Wildman–Crippen MR) is 140 cm³/mol. The number of aromatic nitrogens is 2. The minimum absolute atomic E-state index is 0.246. The van der Waals surface area contributed by atoms with Crippen LogP contribution in [0.15, 0.2) is 48.8 Å². The van der Waals surface area contributed by atoms with Gasteiger partial charge in [0.2, 0.25) is 0 Å². The third-order valence-corrected chi connectivity index (χ3v) is 6.34. The van der Waals surface area contributed by atoms with E-state index in [9.17, 15) is 5.26 Å². The van der Waals surface area contributed by atoms with Crippen molar-refractivity contribution in [2.75, 3.05) is 30.5 Å². The zero-order valence-corrected chi connectivity index (χ0v) is 21.6. The number of alkyl halides is 1. The first-order valence-corrected chi connectivity index (χ1v) is 12.3. The topological polar surface area (TPSA) is 80.1 Å². The van der Waals surface area contributed by atoms with Crippen molar-refractivity contribution in [3.63, 3.8) is 0 Å². The highest BCUT2D eigenvalue weighted by Crippen LogP contribution is 2.38. The average molecular weight is 500 g/mol. The van der Waals surface area contributed by atoms with Gasteiger partial charge in [-0.2, -0.15) is 10.4 Å². The van der Waals surface area contributed by atoms with E-state index in [4.69, 9.17) is 33.7 Å². The molecule has 6 nitrogen and oxygen atoms in total. The van der Waals surface area contributed by atoms with Crippen molar-refractivity contribution in [1.29, 1.82) is 5.26 Å². The Bertz CT molecular complexity index is 1140. The number of nitriles is 1. The number of nitrogens with zero attached hydrogens (tertiary/aromatic N) is 4. The predicted octanol–water partition coefficient (Wildman–Crippen LogP) is 5.51. The molecule has 1 aliphatic rings. The van der Waals surface area contributed by atoms with Crippen LogP contribution >= 0.6 is 23.2 Å². The first-order chi connectivity index (χ1) is 16.3. The van der Waals surface area contributed by atoms with E-state index in [0.29, 0.717) is 28.8 Å². The maximum Gasteiger partial charge on any atom is 0.155 e. The summed E-state index contributed by atoms with van der Waals surface area (Å²) in [6.07, 6.45) is 3.88. The van der Waals surface area contributed by atoms with Crippen LogP contribution in [0.2, 0.25) is 5.02 Å². The Labute approximate surface area is 211 Å². The number of hydrogen-bond acceptors (Lipinski definition) is 5. The number of benzene rings is 2. The molecule has 0 amide bonds. The van der Waals surface area contributed by atoms with Gasteiger partial charge in [-0.25, -0.2) is 4.68 Å². The van der Waals surface area contributed by atoms with Gasteiger partial charge in [0.15, 0.2) is 5.75 Å². The van der Waals surface area contributed by atoms with Crippen LogP contribution in [0.25, 0.3) is 5.69 Å². The Kier molecular flexibility index (Phi) is 8.48. The standard InChI is InChI=1S/C24H25Cl2N5O.C2H6/c1-24(2,18-9-16(11-27)23(22(26)10-18)32-8-7-25)17-3-5-20(6-4-17)31-15-21(12-29-31)30-13-19(28)14-30;1-2/h3-6,9-10,12,15,19H,7-8,13-14,28H2,1-2H3;1-2H3. The van der Waals surface area contributed by atoms with E-state index in [1.54, 1.807) is 0 Å². The second-order valence-corrected chi connectivity index (χ2v) is 9.25. The minimum Gasteiger partial charge on any atom is -0.489 e. The van der Waals surface area contributed by atoms with Crippen molar-refractivity contribution in [3.8, 4) is 17.5 Å². The van der Waals surface area contributed by atoms with Crippen molar-refractivity contribution in [2.45, 2.75) is 39.2 Å². The highest BCUT2D eigenvalue weighted by atomic mass is 35.5. The molecule has 180 valence electrons. The van der Waals surface area contributed by atoms with Gasteiger partial charge in [-0.05, 0) is 35.4 Å². The normalized spacial score (nSPS) is 13.5. The molecule has 2 N–H and O–H groups in total. The molecule has 0 saturated carbocycles. The van der Waals surface area contributed by atoms with Crippen molar-refractivity contribution in [1.82, 2.24) is 9.78 Å². The van der Waals surface area contributed by atoms with Gasteiger partial charge < -0.3 is 15.4 Å². The molecule has 8 heteroatoms. The third-order valence-electron chi connectivity index (χ3n) is 5.91. The van der Waals surface area contributed by atoms with E-state index >= 15 is 0 Å². The summed E-state index contributed by atoms with van der Waals surface area (Å²) in [4.78, 5) is 2.21. The molecule has 0 unspecified atom stereocenters. The molecule has 1 aliphatic heterocycles. The van der Waals surface area contributed by atoms with Crippen molar-refractivity contribution in [2.24, 2.45) is 5.73 Å². The zero-order chi connectivity index (χ0) is 24.9. The van der Waals surface area contributed by atoms with Crippen LogP contribution in [0.4, 0.5) is 5.69 Å². The molecule has 0 atom stereocenters. The molecule has 1 saturated heterocycles. The van der Waals surface area contributed by atoms with Crippen LogP contribution in [-0.4, -0.2) is 41.4 Å². The van der Waals surface area contributed by atoms with E-state index in [-0.39, 0.29) is 11.5 Å². The summed E-state index contributed by atoms with van der Waals surface area (Å²) in [5.74, 6) is 0.701. The van der Waals surface area contributed by atoms with Crippen LogP contribution in [-0.2, 0) is 5.41 Å². The first kappa shape index (κ1) is 25.9. The summed E-state index contributed by atoms with van der Waals surface area (Å²) in [6, 6.07) is 14.4. The monoisotopic (exact) mass is 499 g/mol. The summed E-state index contributed by atoms with van der Waals surface area (Å²) in [5.41, 5.74) is 9.98. The summed E-state index contributed by atoms with van der Waals surface area (Å²) in [5, 5.41) is 14.5. The SMILES string of the molecule is CC.CC(C)(c1ccc(-n2cc(N3CC(N)C3)cn2)cc1)c1cc(Cl)c(OCCCl)c(C#N)c1. The van der Waals surface area contributed by atoms with Crippen LogP contribution < -0.4 is 15.4 Å². The molecule has 1 fully saturated rings. The summed E-state index contributed by atoms with van der Waals surface area (Å²) < 4.78 is 7.44. The number of anilines is 1. The minimum atomic E-state index is -0.373. The van der Waals surface area contributed by atoms with Gasteiger partial charge in [0, 0.05) is 24.5 Å². The Morgan fingerprint density at radius 3 is 2.41 bits per heavy atom. The fraction of sp³-hybridized carbons (Fsp3) is 0.385. The second kappa shape index (κ2) is 11.1. The molecule has 0 bridgehead atoms. The summed E-state index contributed by atoms with van der Waals surface area (Å²) >= 11 is 12.2. The zero-order valence-electron chi connectivity index (χ0n) is 20.1. The van der Waals surface area contributed by atoms with Crippen LogP contribution in [0.3, 0.4) is 0 Å². The van der Waals surface area contributed by atoms with Gasteiger partial charge in [-0.15, -0.1) is 11.6 Å². The smallest absolute Gasteiger partial charge is 0.155 e. The quantitative estimate of drug-likeness (QED) is 0.433. The molecule has 0 spiro atoms. The lowest BCUT2D eigenvalue weighted by molar-refractivity contribution is 0.341. The van der Waals surface area contributed by atoms with Crippen molar-refractivity contribution < 1.29 is 4.74 Å². The van der Waals surface area contributed by atoms with Crippen LogP contribution in [0.5, 0.6) is 5.75 Å². The Hall–Kier alpha value is -2.72. The summed E-state index contributed by atoms with van der Waals surface area (Å²) in [7, 11) is 0. The van der Waals surface area contributed by atoms with Crippen molar-refractivity contribution in [3.05, 3.63) is 70.5 Å². The fourth-order valence-corrected chi connectivity index (χ4v) is 4.21. The third kappa shape index (κ3) is 5.33. The second-order valence-electron chi connectivity index (χ2n) is 8.46. The highest BCUT2D eigenvalue weighted by Gasteiger charge is 2.27. The largest absolute Gasteiger partial charge is 0.489 e. The van der Waals surface area contributed by atoms with Gasteiger partial charge in [-0.3, -0.25) is 0 Å². The van der Waals surface area contributed by atoms with E-state index in [2.05, 4.69) is 42.0 Å². The molecule has 0 aliphatic carbocycles. The molecular formula is C26H31Cl2N5O. The number of halogens is 2. The Morgan fingerprint density at radius 1 is 1.15 bits per heavy atom. The molecule has 3 aromatic rings. The maximum absolute atomic E-state index is 9.60. The lowest BCUT2D eigenvalue weighted by atomic mass is 9.77. The van der Waals surface area contributed by atoms with Gasteiger partial charge in [-0.1, -0.05) is 51.4 Å². The average Bonchev–Trinajstić information content (AvgIpc) is 3.32. The van der Waals surface area contributed by atoms with Crippen molar-refractivity contribution >= 4 is 28.9 Å². The van der Waals surface area contributed by atoms with E-state index in [1.807, 2.05) is 55.2 Å². The maximum atomic E-state index is 9.60. The molecular weight excluding hydrogens is 469 g/mol. The lowest BCUT2D eigenvalue weighted by Crippen LogP contribution is -2.55. The molecule has 1 aromatic heterocycles. The first-order valence-electron chi connectivity index (χ1n) is 11.4. The summed E-state index contributed by atoms with van der Waals surface area (Å²) in [6.45, 7) is 10.2. The van der Waals surface area contributed by atoms with Crippen LogP contribution in [0, 0.1) is 11.3 Å². The van der Waals surface area contributed by atoms with E-state index in [0.717, 1.165) is 35.6 Å². The molecule has 2 aromatic carbocycles. The molecule has 4 rings (SSSR count). The molecule has 0 radical (unpaired) electrons. The number of rotatable bonds is 7. The molecule has 2 heterocycles. The van der Waals surface area contributed by atoms with Gasteiger partial charge in [0.05, 0.1) is 40.2 Å². The van der Waals surface area contributed by atoms with Gasteiger partial charge in [0.1, 0.15) is 12.7 Å². The number of nitrogens with two attached hydrogens (primary N) is 1. The lowest BCUT2D eigenvalue weighted by Gasteiger charge is -2.37. The highest BCUT2D eigenvalue weighted by molar-refractivity contribution is 6.32. The Balaban J connectivity index is 0.00000158. The van der Waals surface area contributed by atoms with E-state index < -0.39 is 0 Å². The van der Waals surface area contributed by atoms with Gasteiger partial charge >= 0.3 is 0 Å². The van der Waals surface area contributed by atoms with Crippen LogP contribution in [0.1, 0.15) is 44.4 Å². The Morgan fingerprint density at radius 2 is 1.82 bits per heavy atom. The van der Waals surface area contributed by atoms with E-state index in [1.165, 1.54) is 0 Å². The number of hydrogen-bond donors (Lipinski definition) is 1. The fourth-order valence-electron chi connectivity index (χ4n) is 3.86. The number of ether oxygens (including phenoxy) is 1. The molecule has 34 heavy (non-hydrogen) atoms.